The number of nitrogens with zero attached hydrogens (tertiary/aromatic N) is 1. The molecule has 0 aromatic heterocycles. The second-order valence-electron chi connectivity index (χ2n) is 5.26. The van der Waals surface area contributed by atoms with Gasteiger partial charge in [0.25, 0.3) is 0 Å². The molecule has 0 saturated carbocycles. The van der Waals surface area contributed by atoms with Gasteiger partial charge in [0.2, 0.25) is 5.91 Å². The molecule has 1 unspecified atom stereocenters. The number of carbonyl (C=O) groups excluding carboxylic acids is 1. The SMILES string of the molecule is CCC(CC)NC(=O)C(C)N1CC(C)(N)C1. The van der Waals surface area contributed by atoms with E-state index in [9.17, 15) is 4.79 Å². The second-order valence-corrected chi connectivity index (χ2v) is 5.26. The summed E-state index contributed by atoms with van der Waals surface area (Å²) >= 11 is 0. The van der Waals surface area contributed by atoms with E-state index in [4.69, 9.17) is 5.73 Å². The fraction of sp³-hybridized carbons (Fsp3) is 0.917. The highest BCUT2D eigenvalue weighted by Crippen LogP contribution is 2.20. The van der Waals surface area contributed by atoms with Crippen LogP contribution in [0.3, 0.4) is 0 Å². The Morgan fingerprint density at radius 1 is 1.44 bits per heavy atom. The summed E-state index contributed by atoms with van der Waals surface area (Å²) in [5.74, 6) is 0.129. The molecule has 0 bridgehead atoms. The van der Waals surface area contributed by atoms with Gasteiger partial charge in [0.15, 0.2) is 0 Å². The predicted octanol–water partition coefficient (Wildman–Crippen LogP) is 0.713. The summed E-state index contributed by atoms with van der Waals surface area (Å²) in [7, 11) is 0. The molecular formula is C12H25N3O. The Kier molecular flexibility index (Phi) is 4.33. The Bertz CT molecular complexity index is 241. The number of likely N-dealkylation sites (tertiary alicyclic amines) is 1. The summed E-state index contributed by atoms with van der Waals surface area (Å²) < 4.78 is 0. The first kappa shape index (κ1) is 13.5. The summed E-state index contributed by atoms with van der Waals surface area (Å²) in [6.45, 7) is 9.79. The van der Waals surface area contributed by atoms with Gasteiger partial charge in [-0.2, -0.15) is 0 Å². The third-order valence-electron chi connectivity index (χ3n) is 3.39. The molecule has 1 amide bonds. The number of nitrogens with two attached hydrogens (primary N) is 1. The molecule has 0 aliphatic carbocycles. The molecular weight excluding hydrogens is 202 g/mol. The molecule has 1 atom stereocenters. The van der Waals surface area contributed by atoms with E-state index in [0.29, 0.717) is 6.04 Å². The van der Waals surface area contributed by atoms with Crippen molar-refractivity contribution in [1.29, 1.82) is 0 Å². The molecule has 0 radical (unpaired) electrons. The first-order valence-electron chi connectivity index (χ1n) is 6.23. The van der Waals surface area contributed by atoms with E-state index in [2.05, 4.69) is 24.1 Å². The Balaban J connectivity index is 2.37. The summed E-state index contributed by atoms with van der Waals surface area (Å²) in [4.78, 5) is 14.0. The van der Waals surface area contributed by atoms with Gasteiger partial charge in [-0.1, -0.05) is 13.8 Å². The third-order valence-corrected chi connectivity index (χ3v) is 3.39. The molecule has 1 aliphatic rings. The van der Waals surface area contributed by atoms with E-state index in [1.807, 2.05) is 13.8 Å². The van der Waals surface area contributed by atoms with Crippen LogP contribution in [-0.2, 0) is 4.79 Å². The van der Waals surface area contributed by atoms with Crippen molar-refractivity contribution >= 4 is 5.91 Å². The Labute approximate surface area is 98.6 Å². The van der Waals surface area contributed by atoms with Crippen molar-refractivity contribution in [2.24, 2.45) is 5.73 Å². The number of carbonyl (C=O) groups is 1. The van der Waals surface area contributed by atoms with Crippen LogP contribution >= 0.6 is 0 Å². The fourth-order valence-corrected chi connectivity index (χ4v) is 2.14. The van der Waals surface area contributed by atoms with Gasteiger partial charge in [-0.15, -0.1) is 0 Å². The zero-order valence-electron chi connectivity index (χ0n) is 10.9. The molecule has 1 heterocycles. The van der Waals surface area contributed by atoms with Crippen LogP contribution in [-0.4, -0.2) is 41.5 Å². The quantitative estimate of drug-likeness (QED) is 0.727. The topological polar surface area (TPSA) is 58.4 Å². The highest BCUT2D eigenvalue weighted by molar-refractivity contribution is 5.81. The van der Waals surface area contributed by atoms with Crippen LogP contribution in [0.4, 0.5) is 0 Å². The Hall–Kier alpha value is -0.610. The highest BCUT2D eigenvalue weighted by atomic mass is 16.2. The molecule has 0 aromatic carbocycles. The highest BCUT2D eigenvalue weighted by Gasteiger charge is 2.39. The summed E-state index contributed by atoms with van der Waals surface area (Å²) in [6, 6.07) is 0.248. The second kappa shape index (κ2) is 5.15. The van der Waals surface area contributed by atoms with Crippen molar-refractivity contribution < 1.29 is 4.79 Å². The van der Waals surface area contributed by atoms with Gasteiger partial charge < -0.3 is 11.1 Å². The molecule has 0 aromatic rings. The smallest absolute Gasteiger partial charge is 0.237 e. The van der Waals surface area contributed by atoms with Gasteiger partial charge in [0.05, 0.1) is 6.04 Å². The summed E-state index contributed by atoms with van der Waals surface area (Å²) in [5.41, 5.74) is 5.82. The van der Waals surface area contributed by atoms with Gasteiger partial charge in [-0.05, 0) is 26.7 Å². The maximum absolute atomic E-state index is 11.9. The molecule has 1 fully saturated rings. The Morgan fingerprint density at radius 3 is 2.31 bits per heavy atom. The molecule has 3 N–H and O–H groups in total. The summed E-state index contributed by atoms with van der Waals surface area (Å²) in [5, 5.41) is 3.07. The largest absolute Gasteiger partial charge is 0.352 e. The molecule has 16 heavy (non-hydrogen) atoms. The third kappa shape index (κ3) is 3.19. The number of hydrogen-bond donors (Lipinski definition) is 2. The first-order valence-corrected chi connectivity index (χ1v) is 6.23. The van der Waals surface area contributed by atoms with Gasteiger partial charge in [0.1, 0.15) is 0 Å². The minimum atomic E-state index is -0.108. The van der Waals surface area contributed by atoms with Crippen molar-refractivity contribution in [3.8, 4) is 0 Å². The lowest BCUT2D eigenvalue weighted by atomic mass is 9.92. The standard InChI is InChI=1S/C12H25N3O/c1-5-10(6-2)14-11(16)9(3)15-7-12(4,13)8-15/h9-10H,5-8,13H2,1-4H3,(H,14,16). The van der Waals surface area contributed by atoms with Crippen LogP contribution in [0.2, 0.25) is 0 Å². The zero-order valence-corrected chi connectivity index (χ0v) is 10.9. The van der Waals surface area contributed by atoms with E-state index >= 15 is 0 Å². The van der Waals surface area contributed by atoms with E-state index in [-0.39, 0.29) is 17.5 Å². The molecule has 0 spiro atoms. The first-order chi connectivity index (χ1) is 7.39. The number of nitrogens with one attached hydrogen (secondary N) is 1. The maximum atomic E-state index is 11.9. The predicted molar refractivity (Wildman–Crippen MR) is 66.1 cm³/mol. The van der Waals surface area contributed by atoms with Gasteiger partial charge in [-0.3, -0.25) is 9.69 Å². The van der Waals surface area contributed by atoms with Crippen molar-refractivity contribution in [1.82, 2.24) is 10.2 Å². The maximum Gasteiger partial charge on any atom is 0.237 e. The normalized spacial score (nSPS) is 21.6. The molecule has 94 valence electrons. The van der Waals surface area contributed by atoms with E-state index < -0.39 is 0 Å². The lowest BCUT2D eigenvalue weighted by molar-refractivity contribution is -0.129. The molecule has 4 heteroatoms. The van der Waals surface area contributed by atoms with Crippen molar-refractivity contribution in [3.63, 3.8) is 0 Å². The number of hydrogen-bond acceptors (Lipinski definition) is 3. The monoisotopic (exact) mass is 227 g/mol. The van der Waals surface area contributed by atoms with Gasteiger partial charge >= 0.3 is 0 Å². The number of amides is 1. The van der Waals surface area contributed by atoms with E-state index in [1.165, 1.54) is 0 Å². The average Bonchev–Trinajstić information content (AvgIpc) is 2.20. The van der Waals surface area contributed by atoms with Gasteiger partial charge in [-0.25, -0.2) is 0 Å². The van der Waals surface area contributed by atoms with Gasteiger partial charge in [0, 0.05) is 24.7 Å². The van der Waals surface area contributed by atoms with Crippen LogP contribution in [0.15, 0.2) is 0 Å². The van der Waals surface area contributed by atoms with E-state index in [1.54, 1.807) is 0 Å². The molecule has 4 nitrogen and oxygen atoms in total. The molecule has 1 rings (SSSR count). The van der Waals surface area contributed by atoms with Crippen LogP contribution in [0, 0.1) is 0 Å². The van der Waals surface area contributed by atoms with Crippen LogP contribution in [0.1, 0.15) is 40.5 Å². The number of rotatable bonds is 5. The van der Waals surface area contributed by atoms with Crippen LogP contribution in [0.25, 0.3) is 0 Å². The lowest BCUT2D eigenvalue weighted by Crippen LogP contribution is -2.69. The van der Waals surface area contributed by atoms with Crippen molar-refractivity contribution in [2.45, 2.75) is 58.2 Å². The molecule has 1 saturated heterocycles. The van der Waals surface area contributed by atoms with Crippen molar-refractivity contribution in [3.05, 3.63) is 0 Å². The van der Waals surface area contributed by atoms with E-state index in [0.717, 1.165) is 25.9 Å². The zero-order chi connectivity index (χ0) is 12.3. The molecule has 1 aliphatic heterocycles. The van der Waals surface area contributed by atoms with Crippen LogP contribution in [0.5, 0.6) is 0 Å². The lowest BCUT2D eigenvalue weighted by Gasteiger charge is -2.48. The minimum absolute atomic E-state index is 0.0581. The minimum Gasteiger partial charge on any atom is -0.352 e. The van der Waals surface area contributed by atoms with Crippen molar-refractivity contribution in [2.75, 3.05) is 13.1 Å². The Morgan fingerprint density at radius 2 is 1.94 bits per heavy atom. The van der Waals surface area contributed by atoms with Crippen LogP contribution < -0.4 is 11.1 Å². The summed E-state index contributed by atoms with van der Waals surface area (Å²) in [6.07, 6.45) is 1.98. The fourth-order valence-electron chi connectivity index (χ4n) is 2.14. The average molecular weight is 227 g/mol.